The quantitative estimate of drug-likeness (QED) is 0.557. The van der Waals surface area contributed by atoms with Gasteiger partial charge in [0.05, 0.1) is 28.8 Å². The number of hydrogen-bond acceptors (Lipinski definition) is 5. The molecule has 0 aliphatic carbocycles. The highest BCUT2D eigenvalue weighted by Gasteiger charge is 2.19. The van der Waals surface area contributed by atoms with Gasteiger partial charge < -0.3 is 14.7 Å². The molecular formula is C19H24Cl2N2O3S. The fourth-order valence-corrected chi connectivity index (χ4v) is 4.23. The van der Waals surface area contributed by atoms with Crippen molar-refractivity contribution in [1.82, 2.24) is 4.98 Å². The van der Waals surface area contributed by atoms with E-state index in [0.717, 1.165) is 27.7 Å². The Morgan fingerprint density at radius 2 is 2.04 bits per heavy atom. The summed E-state index contributed by atoms with van der Waals surface area (Å²) < 4.78 is 5.17. The topological polar surface area (TPSA) is 62.7 Å². The van der Waals surface area contributed by atoms with Gasteiger partial charge in [-0.3, -0.25) is 4.79 Å². The summed E-state index contributed by atoms with van der Waals surface area (Å²) >= 11 is 13.8. The van der Waals surface area contributed by atoms with E-state index in [4.69, 9.17) is 38.0 Å². The van der Waals surface area contributed by atoms with Crippen LogP contribution < -0.4 is 4.90 Å². The first-order valence-electron chi connectivity index (χ1n) is 8.72. The minimum absolute atomic E-state index is 0.0465. The van der Waals surface area contributed by atoms with Gasteiger partial charge in [-0.25, -0.2) is 4.98 Å². The zero-order valence-electron chi connectivity index (χ0n) is 15.7. The zero-order valence-corrected chi connectivity index (χ0v) is 18.0. The molecule has 5 nitrogen and oxygen atoms in total. The van der Waals surface area contributed by atoms with Gasteiger partial charge in [0.15, 0.2) is 5.13 Å². The van der Waals surface area contributed by atoms with E-state index in [2.05, 4.69) is 13.8 Å². The minimum atomic E-state index is -0.832. The number of benzene rings is 1. The molecule has 0 radical (unpaired) electrons. The van der Waals surface area contributed by atoms with Crippen LogP contribution in [0.4, 0.5) is 5.13 Å². The number of carboxylic acid groups (broad SMARTS) is 1. The number of aromatic nitrogens is 1. The van der Waals surface area contributed by atoms with E-state index >= 15 is 0 Å². The first kappa shape index (κ1) is 22.0. The summed E-state index contributed by atoms with van der Waals surface area (Å²) in [6.07, 6.45) is 0.926. The molecule has 0 amide bonds. The summed E-state index contributed by atoms with van der Waals surface area (Å²) in [6.45, 7) is 5.78. The number of rotatable bonds is 10. The Morgan fingerprint density at radius 1 is 1.30 bits per heavy atom. The summed E-state index contributed by atoms with van der Waals surface area (Å²) in [6, 6.07) is 5.50. The van der Waals surface area contributed by atoms with E-state index < -0.39 is 5.97 Å². The minimum Gasteiger partial charge on any atom is -0.481 e. The highest BCUT2D eigenvalue weighted by Crippen LogP contribution is 2.37. The molecule has 0 atom stereocenters. The zero-order chi connectivity index (χ0) is 20.0. The Kier molecular flexibility index (Phi) is 8.35. The third kappa shape index (κ3) is 6.35. The monoisotopic (exact) mass is 430 g/mol. The summed E-state index contributed by atoms with van der Waals surface area (Å²) in [5.41, 5.74) is 1.78. The van der Waals surface area contributed by atoms with Crippen LogP contribution in [0.3, 0.4) is 0 Å². The molecule has 2 rings (SSSR count). The molecule has 0 fully saturated rings. The van der Waals surface area contributed by atoms with Crippen LogP contribution in [0.15, 0.2) is 18.2 Å². The van der Waals surface area contributed by atoms with E-state index in [1.165, 1.54) is 0 Å². The predicted molar refractivity (Wildman–Crippen MR) is 112 cm³/mol. The lowest BCUT2D eigenvalue weighted by molar-refractivity contribution is -0.136. The van der Waals surface area contributed by atoms with Crippen LogP contribution >= 0.6 is 34.5 Å². The second kappa shape index (κ2) is 10.3. The van der Waals surface area contributed by atoms with Crippen molar-refractivity contribution in [2.45, 2.75) is 26.7 Å². The summed E-state index contributed by atoms with van der Waals surface area (Å²) in [5.74, 6) is -0.368. The van der Waals surface area contributed by atoms with Crippen LogP contribution in [0.2, 0.25) is 10.0 Å². The smallest absolute Gasteiger partial charge is 0.305 e. The van der Waals surface area contributed by atoms with Crippen LogP contribution in [-0.4, -0.2) is 42.9 Å². The first-order valence-corrected chi connectivity index (χ1v) is 10.3. The molecular weight excluding hydrogens is 407 g/mol. The summed E-state index contributed by atoms with van der Waals surface area (Å²) in [7, 11) is 1.63. The number of aliphatic carboxylic acids is 1. The van der Waals surface area contributed by atoms with Crippen molar-refractivity contribution in [2.24, 2.45) is 5.92 Å². The first-order chi connectivity index (χ1) is 12.8. The Labute approximate surface area is 173 Å². The molecule has 0 aliphatic heterocycles. The van der Waals surface area contributed by atoms with Gasteiger partial charge in [-0.1, -0.05) is 43.1 Å². The van der Waals surface area contributed by atoms with Crippen LogP contribution in [-0.2, 0) is 16.0 Å². The fourth-order valence-electron chi connectivity index (χ4n) is 2.59. The van der Waals surface area contributed by atoms with Crippen LogP contribution in [0.5, 0.6) is 0 Å². The van der Waals surface area contributed by atoms with E-state index in [1.54, 1.807) is 24.5 Å². The summed E-state index contributed by atoms with van der Waals surface area (Å²) in [5, 5.41) is 10.8. The molecule has 0 bridgehead atoms. The van der Waals surface area contributed by atoms with Crippen LogP contribution in [0, 0.1) is 5.92 Å². The van der Waals surface area contributed by atoms with E-state index in [0.29, 0.717) is 35.7 Å². The number of anilines is 1. The number of carboxylic acids is 1. The van der Waals surface area contributed by atoms with E-state index in [9.17, 15) is 4.79 Å². The molecule has 1 N–H and O–H groups in total. The number of ether oxygens (including phenoxy) is 1. The molecule has 2 aromatic rings. The highest BCUT2D eigenvalue weighted by molar-refractivity contribution is 7.16. The predicted octanol–water partition coefficient (Wildman–Crippen LogP) is 5.24. The van der Waals surface area contributed by atoms with Gasteiger partial charge in [-0.15, -0.1) is 11.3 Å². The molecule has 148 valence electrons. The number of methoxy groups -OCH3 is 1. The van der Waals surface area contributed by atoms with Crippen molar-refractivity contribution in [3.8, 4) is 11.3 Å². The van der Waals surface area contributed by atoms with Crippen molar-refractivity contribution in [2.75, 3.05) is 31.7 Å². The molecule has 0 unspecified atom stereocenters. The Morgan fingerprint density at radius 3 is 2.63 bits per heavy atom. The van der Waals surface area contributed by atoms with Crippen molar-refractivity contribution in [3.05, 3.63) is 33.1 Å². The third-order valence-electron chi connectivity index (χ3n) is 3.90. The number of thiazole rings is 1. The van der Waals surface area contributed by atoms with Gasteiger partial charge >= 0.3 is 5.97 Å². The largest absolute Gasteiger partial charge is 0.481 e. The standard InChI is InChI=1S/C19H24Cl2N2O3S/c1-12(2)10-16-18(13-4-5-14(20)15(21)11-13)22-19(27-16)23(8-9-26-3)7-6-17(24)25/h4-5,11-12H,6-10H2,1-3H3,(H,24,25). The van der Waals surface area contributed by atoms with Gasteiger partial charge in [-0.05, 0) is 24.5 Å². The molecule has 8 heteroatoms. The molecule has 1 aromatic carbocycles. The van der Waals surface area contributed by atoms with E-state index in [-0.39, 0.29) is 6.42 Å². The fraction of sp³-hybridized carbons (Fsp3) is 0.474. The normalized spacial score (nSPS) is 11.2. The SMILES string of the molecule is COCCN(CCC(=O)O)c1nc(-c2ccc(Cl)c(Cl)c2)c(CC(C)C)s1. The van der Waals surface area contributed by atoms with E-state index in [1.807, 2.05) is 17.0 Å². The average Bonchev–Trinajstić information content (AvgIpc) is 3.00. The Balaban J connectivity index is 2.41. The molecule has 1 heterocycles. The van der Waals surface area contributed by atoms with Gasteiger partial charge in [0.2, 0.25) is 0 Å². The second-order valence-electron chi connectivity index (χ2n) is 6.62. The molecule has 1 aromatic heterocycles. The molecule has 0 saturated carbocycles. The molecule has 0 spiro atoms. The highest BCUT2D eigenvalue weighted by atomic mass is 35.5. The van der Waals surface area contributed by atoms with Gasteiger partial charge in [-0.2, -0.15) is 0 Å². The Hall–Kier alpha value is -1.34. The second-order valence-corrected chi connectivity index (χ2v) is 8.50. The van der Waals surface area contributed by atoms with Crippen molar-refractivity contribution >= 4 is 45.6 Å². The van der Waals surface area contributed by atoms with Crippen molar-refractivity contribution < 1.29 is 14.6 Å². The van der Waals surface area contributed by atoms with Crippen molar-refractivity contribution in [1.29, 1.82) is 0 Å². The molecule has 27 heavy (non-hydrogen) atoms. The van der Waals surface area contributed by atoms with Gasteiger partial charge in [0, 0.05) is 30.6 Å². The van der Waals surface area contributed by atoms with Gasteiger partial charge in [0.25, 0.3) is 0 Å². The lowest BCUT2D eigenvalue weighted by Gasteiger charge is -2.20. The maximum Gasteiger partial charge on any atom is 0.305 e. The molecule has 0 saturated heterocycles. The lowest BCUT2D eigenvalue weighted by atomic mass is 10.0. The number of hydrogen-bond donors (Lipinski definition) is 1. The number of carbonyl (C=O) groups is 1. The molecule has 0 aliphatic rings. The maximum atomic E-state index is 11.0. The Bertz CT molecular complexity index is 780. The van der Waals surface area contributed by atoms with Gasteiger partial charge in [0.1, 0.15) is 0 Å². The summed E-state index contributed by atoms with van der Waals surface area (Å²) in [4.78, 5) is 19.0. The lowest BCUT2D eigenvalue weighted by Crippen LogP contribution is -2.29. The van der Waals surface area contributed by atoms with Crippen molar-refractivity contribution in [3.63, 3.8) is 0 Å². The number of nitrogens with zero attached hydrogens (tertiary/aromatic N) is 2. The average molecular weight is 431 g/mol. The number of halogens is 2. The van der Waals surface area contributed by atoms with Crippen LogP contribution in [0.25, 0.3) is 11.3 Å². The van der Waals surface area contributed by atoms with Crippen LogP contribution in [0.1, 0.15) is 25.1 Å². The third-order valence-corrected chi connectivity index (χ3v) is 5.78. The maximum absolute atomic E-state index is 11.0.